The van der Waals surface area contributed by atoms with Gasteiger partial charge < -0.3 is 14.1 Å². The van der Waals surface area contributed by atoms with Gasteiger partial charge in [-0.15, -0.1) is 0 Å². The summed E-state index contributed by atoms with van der Waals surface area (Å²) >= 11 is 0. The van der Waals surface area contributed by atoms with Crippen molar-refractivity contribution in [1.82, 2.24) is 13.8 Å². The number of rotatable bonds is 2. The van der Waals surface area contributed by atoms with E-state index >= 15 is 0 Å². The van der Waals surface area contributed by atoms with Crippen LogP contribution in [0.5, 0.6) is 0 Å². The summed E-state index contributed by atoms with van der Waals surface area (Å²) in [5, 5.41) is 0. The summed E-state index contributed by atoms with van der Waals surface area (Å²) in [5.41, 5.74) is -0.0848. The van der Waals surface area contributed by atoms with Crippen molar-refractivity contribution in [2.24, 2.45) is 7.05 Å². The van der Waals surface area contributed by atoms with Gasteiger partial charge in [0.15, 0.2) is 11.3 Å². The summed E-state index contributed by atoms with van der Waals surface area (Å²) in [6.07, 6.45) is 0.598. The minimum absolute atomic E-state index is 0.0694. The van der Waals surface area contributed by atoms with Crippen LogP contribution in [0.15, 0.2) is 32.3 Å². The molecule has 2 atom stereocenters. The predicted molar refractivity (Wildman–Crippen MR) is 88.8 cm³/mol. The van der Waals surface area contributed by atoms with Gasteiger partial charge in [0.2, 0.25) is 15.9 Å². The summed E-state index contributed by atoms with van der Waals surface area (Å²) in [7, 11) is -2.32. The van der Waals surface area contributed by atoms with Gasteiger partial charge in [0.1, 0.15) is 0 Å². The second-order valence-corrected chi connectivity index (χ2v) is 8.77. The van der Waals surface area contributed by atoms with E-state index in [2.05, 4.69) is 0 Å². The van der Waals surface area contributed by atoms with Crippen LogP contribution >= 0.6 is 0 Å². The molecule has 1 aromatic carbocycles. The number of carbonyl (C=O) groups is 1. The normalized spacial score (nSPS) is 28.9. The van der Waals surface area contributed by atoms with Crippen LogP contribution in [0.2, 0.25) is 0 Å². The van der Waals surface area contributed by atoms with Crippen LogP contribution < -0.4 is 5.76 Å². The molecule has 4 heterocycles. The number of hydrogen-bond donors (Lipinski definition) is 0. The highest BCUT2D eigenvalue weighted by Gasteiger charge is 2.64. The zero-order valence-electron chi connectivity index (χ0n) is 14.0. The van der Waals surface area contributed by atoms with E-state index in [1.54, 1.807) is 4.90 Å². The van der Waals surface area contributed by atoms with E-state index in [9.17, 15) is 18.0 Å². The maximum absolute atomic E-state index is 13.3. The fraction of sp³-hybridized carbons (Fsp3) is 0.500. The van der Waals surface area contributed by atoms with E-state index in [4.69, 9.17) is 9.15 Å². The first-order chi connectivity index (χ1) is 12.3. The largest absolute Gasteiger partial charge is 0.419 e. The molecular formula is C16H17N3O6S. The van der Waals surface area contributed by atoms with Crippen molar-refractivity contribution in [2.75, 3.05) is 19.7 Å². The second-order valence-electron chi connectivity index (χ2n) is 6.88. The monoisotopic (exact) mass is 379 g/mol. The Balaban J connectivity index is 1.59. The molecule has 3 aliphatic rings. The van der Waals surface area contributed by atoms with Gasteiger partial charge in [-0.3, -0.25) is 9.36 Å². The molecule has 0 unspecified atom stereocenters. The molecule has 9 nitrogen and oxygen atoms in total. The molecule has 10 heteroatoms. The van der Waals surface area contributed by atoms with E-state index < -0.39 is 27.5 Å². The number of hydrogen-bond acceptors (Lipinski definition) is 6. The van der Waals surface area contributed by atoms with Gasteiger partial charge in [0.05, 0.1) is 23.1 Å². The first-order valence-electron chi connectivity index (χ1n) is 8.40. The fourth-order valence-electron chi connectivity index (χ4n) is 4.44. The molecule has 0 bridgehead atoms. The third-order valence-electron chi connectivity index (χ3n) is 5.72. The van der Waals surface area contributed by atoms with Crippen LogP contribution in [0.4, 0.5) is 0 Å². The zero-order valence-corrected chi connectivity index (χ0v) is 14.9. The SMILES string of the molecule is Cn1c(=O)oc2ccc(S(=O)(=O)N3CC[C@@]45OCCN4C(=O)C[C@@H]35)cc21. The predicted octanol–water partition coefficient (Wildman–Crippen LogP) is -0.147. The first-order valence-corrected chi connectivity index (χ1v) is 9.84. The van der Waals surface area contributed by atoms with Crippen molar-refractivity contribution < 1.29 is 22.4 Å². The lowest BCUT2D eigenvalue weighted by Crippen LogP contribution is -2.48. The van der Waals surface area contributed by atoms with Crippen LogP contribution in [-0.2, 0) is 26.6 Å². The maximum Gasteiger partial charge on any atom is 0.419 e. The van der Waals surface area contributed by atoms with Gasteiger partial charge in [-0.25, -0.2) is 13.2 Å². The summed E-state index contributed by atoms with van der Waals surface area (Å²) in [6.45, 7) is 1.23. The Kier molecular flexibility index (Phi) is 3.06. The summed E-state index contributed by atoms with van der Waals surface area (Å²) in [4.78, 5) is 25.7. The van der Waals surface area contributed by atoms with E-state index in [-0.39, 0.29) is 17.2 Å². The van der Waals surface area contributed by atoms with E-state index in [0.717, 1.165) is 0 Å². The fourth-order valence-corrected chi connectivity index (χ4v) is 6.12. The molecule has 0 saturated carbocycles. The molecule has 3 fully saturated rings. The molecule has 2 aromatic rings. The van der Waals surface area contributed by atoms with E-state index in [1.165, 1.54) is 34.1 Å². The highest BCUT2D eigenvalue weighted by molar-refractivity contribution is 7.89. The van der Waals surface area contributed by atoms with Crippen LogP contribution in [0.25, 0.3) is 11.1 Å². The van der Waals surface area contributed by atoms with Crippen molar-refractivity contribution in [3.05, 3.63) is 28.7 Å². The third kappa shape index (κ3) is 1.84. The third-order valence-corrected chi connectivity index (χ3v) is 7.63. The zero-order chi connectivity index (χ0) is 18.3. The van der Waals surface area contributed by atoms with Gasteiger partial charge in [-0.1, -0.05) is 0 Å². The number of aryl methyl sites for hydroxylation is 1. The Bertz CT molecular complexity index is 1100. The molecule has 1 spiro atoms. The van der Waals surface area contributed by atoms with Crippen molar-refractivity contribution in [2.45, 2.75) is 29.5 Å². The summed E-state index contributed by atoms with van der Waals surface area (Å²) in [6, 6.07) is 3.82. The first kappa shape index (κ1) is 16.0. The van der Waals surface area contributed by atoms with Crippen LogP contribution in [0.3, 0.4) is 0 Å². The molecule has 0 N–H and O–H groups in total. The average Bonchev–Trinajstić information content (AvgIpc) is 3.31. The van der Waals surface area contributed by atoms with Crippen molar-refractivity contribution in [3.63, 3.8) is 0 Å². The lowest BCUT2D eigenvalue weighted by Gasteiger charge is -2.31. The van der Waals surface area contributed by atoms with Crippen LogP contribution in [0, 0.1) is 0 Å². The van der Waals surface area contributed by atoms with E-state index in [1.807, 2.05) is 0 Å². The molecule has 1 amide bonds. The van der Waals surface area contributed by atoms with Crippen molar-refractivity contribution in [1.29, 1.82) is 0 Å². The molecule has 138 valence electrons. The molecule has 0 radical (unpaired) electrons. The molecule has 3 aliphatic heterocycles. The number of aromatic nitrogens is 1. The van der Waals surface area contributed by atoms with Gasteiger partial charge >= 0.3 is 5.76 Å². The summed E-state index contributed by atoms with van der Waals surface area (Å²) in [5.74, 6) is -0.619. The van der Waals surface area contributed by atoms with Crippen LogP contribution in [-0.4, -0.2) is 59.6 Å². The number of carbonyl (C=O) groups excluding carboxylic acids is 1. The second kappa shape index (κ2) is 4.96. The molecule has 0 aliphatic carbocycles. The standard InChI is InChI=1S/C16H17N3O6S/c1-17-11-8-10(2-3-12(11)25-15(17)21)26(22,23)19-5-4-16-13(19)9-14(20)18(16)6-7-24-16/h2-3,8,13H,4-7,9H2,1H3/t13-,16+/m1/s1. The maximum atomic E-state index is 13.3. The Labute approximate surface area is 148 Å². The topological polar surface area (TPSA) is 102 Å². The number of sulfonamides is 1. The molecule has 26 heavy (non-hydrogen) atoms. The smallest absolute Gasteiger partial charge is 0.408 e. The highest BCUT2D eigenvalue weighted by Crippen LogP contribution is 2.47. The Morgan fingerprint density at radius 2 is 2.04 bits per heavy atom. The van der Waals surface area contributed by atoms with Gasteiger partial charge in [0, 0.05) is 33.0 Å². The highest BCUT2D eigenvalue weighted by atomic mass is 32.2. The van der Waals surface area contributed by atoms with Crippen molar-refractivity contribution in [3.8, 4) is 0 Å². The van der Waals surface area contributed by atoms with Gasteiger partial charge in [-0.05, 0) is 18.2 Å². The quantitative estimate of drug-likeness (QED) is 0.719. The average molecular weight is 379 g/mol. The number of oxazole rings is 1. The molecule has 5 rings (SSSR count). The minimum Gasteiger partial charge on any atom is -0.408 e. The van der Waals surface area contributed by atoms with Gasteiger partial charge in [0.25, 0.3) is 0 Å². The lowest BCUT2D eigenvalue weighted by molar-refractivity contribution is -0.136. The number of ether oxygens (including phenoxy) is 1. The van der Waals surface area contributed by atoms with Crippen molar-refractivity contribution >= 4 is 27.0 Å². The Morgan fingerprint density at radius 3 is 2.85 bits per heavy atom. The number of fused-ring (bicyclic) bond motifs is 1. The Morgan fingerprint density at radius 1 is 1.23 bits per heavy atom. The lowest BCUT2D eigenvalue weighted by atomic mass is 10.1. The minimum atomic E-state index is -3.84. The van der Waals surface area contributed by atoms with Gasteiger partial charge in [-0.2, -0.15) is 4.31 Å². The molecule has 3 saturated heterocycles. The number of amides is 1. The number of nitrogens with zero attached hydrogens (tertiary/aromatic N) is 3. The molecular weight excluding hydrogens is 362 g/mol. The number of benzene rings is 1. The summed E-state index contributed by atoms with van der Waals surface area (Å²) < 4.78 is 40.1. The Hall–Kier alpha value is -2.17. The van der Waals surface area contributed by atoms with Crippen LogP contribution in [0.1, 0.15) is 12.8 Å². The molecule has 1 aromatic heterocycles. The van der Waals surface area contributed by atoms with E-state index in [0.29, 0.717) is 37.2 Å².